The minimum Gasteiger partial charge on any atom is -0.480 e. The first-order valence-electron chi connectivity index (χ1n) is 8.56. The van der Waals surface area contributed by atoms with Gasteiger partial charge in [0.2, 0.25) is 5.91 Å². The van der Waals surface area contributed by atoms with Gasteiger partial charge in [-0.3, -0.25) is 19.1 Å². The summed E-state index contributed by atoms with van der Waals surface area (Å²) in [7, 11) is 0. The molecule has 0 aliphatic carbocycles. The van der Waals surface area contributed by atoms with Crippen molar-refractivity contribution in [1.29, 1.82) is 0 Å². The average Bonchev–Trinajstić information content (AvgIpc) is 3.00. The third-order valence-corrected chi connectivity index (χ3v) is 4.78. The lowest BCUT2D eigenvalue weighted by molar-refractivity contribution is -0.139. The standard InChI is InChI=1S/C18H15Cl2N5O5/c19-9-3-1-4-10(20)14(9)16(27)23-11(17(28)29)7-22-13(26)8-25-12-5-2-6-21-15(12)24-18(25)30/h1-6,11H,7-8H2,(H,22,26)(H,23,27)(H,28,29)(H,21,24,30)/t11-/m0/s1. The lowest BCUT2D eigenvalue weighted by atomic mass is 10.2. The van der Waals surface area contributed by atoms with E-state index < -0.39 is 36.1 Å². The third kappa shape index (κ3) is 4.61. The SMILES string of the molecule is O=C(Cn1c(=O)[nH]c2ncccc21)NC[C@H](NC(=O)c1c(Cl)cccc1Cl)C(=O)O. The number of carbonyl (C=O) groups excluding carboxylic acids is 2. The van der Waals surface area contributed by atoms with Crippen LogP contribution in [-0.2, 0) is 16.1 Å². The van der Waals surface area contributed by atoms with Gasteiger partial charge in [-0.25, -0.2) is 14.6 Å². The van der Waals surface area contributed by atoms with Crippen molar-refractivity contribution in [2.45, 2.75) is 12.6 Å². The fourth-order valence-electron chi connectivity index (χ4n) is 2.71. The van der Waals surface area contributed by atoms with Gasteiger partial charge in [0.1, 0.15) is 12.6 Å². The van der Waals surface area contributed by atoms with E-state index in [0.717, 1.165) is 4.57 Å². The summed E-state index contributed by atoms with van der Waals surface area (Å²) >= 11 is 11.9. The summed E-state index contributed by atoms with van der Waals surface area (Å²) in [5.41, 5.74) is 0.142. The van der Waals surface area contributed by atoms with Crippen molar-refractivity contribution in [3.05, 3.63) is 62.6 Å². The van der Waals surface area contributed by atoms with Crippen molar-refractivity contribution in [3.63, 3.8) is 0 Å². The number of pyridine rings is 1. The maximum atomic E-state index is 12.4. The Balaban J connectivity index is 1.66. The van der Waals surface area contributed by atoms with E-state index in [9.17, 15) is 24.3 Å². The predicted molar refractivity (Wildman–Crippen MR) is 109 cm³/mol. The lowest BCUT2D eigenvalue weighted by Crippen LogP contribution is -2.49. The molecule has 156 valence electrons. The molecule has 2 amide bonds. The average molecular weight is 452 g/mol. The maximum Gasteiger partial charge on any atom is 0.328 e. The zero-order valence-corrected chi connectivity index (χ0v) is 16.7. The molecule has 2 aromatic heterocycles. The lowest BCUT2D eigenvalue weighted by Gasteiger charge is -2.16. The summed E-state index contributed by atoms with van der Waals surface area (Å²) in [6, 6.07) is 6.19. The zero-order valence-electron chi connectivity index (χ0n) is 15.2. The quantitative estimate of drug-likeness (QED) is 0.421. The molecule has 4 N–H and O–H groups in total. The van der Waals surface area contributed by atoms with Gasteiger partial charge in [-0.15, -0.1) is 0 Å². The molecule has 0 radical (unpaired) electrons. The highest BCUT2D eigenvalue weighted by molar-refractivity contribution is 6.39. The van der Waals surface area contributed by atoms with Gasteiger partial charge >= 0.3 is 11.7 Å². The number of benzene rings is 1. The van der Waals surface area contributed by atoms with Gasteiger partial charge in [0.05, 0.1) is 21.1 Å². The van der Waals surface area contributed by atoms with E-state index in [2.05, 4.69) is 20.6 Å². The van der Waals surface area contributed by atoms with E-state index in [-0.39, 0.29) is 22.2 Å². The summed E-state index contributed by atoms with van der Waals surface area (Å²) in [6.45, 7) is -0.779. The van der Waals surface area contributed by atoms with E-state index in [4.69, 9.17) is 23.2 Å². The van der Waals surface area contributed by atoms with Crippen LogP contribution < -0.4 is 16.3 Å². The number of nitrogens with one attached hydrogen (secondary N) is 3. The number of carbonyl (C=O) groups is 3. The van der Waals surface area contributed by atoms with Crippen LogP contribution in [0.5, 0.6) is 0 Å². The van der Waals surface area contributed by atoms with E-state index in [0.29, 0.717) is 11.2 Å². The fraction of sp³-hybridized carbons (Fsp3) is 0.167. The number of hydrogen-bond acceptors (Lipinski definition) is 5. The summed E-state index contributed by atoms with van der Waals surface area (Å²) in [5.74, 6) is -2.80. The largest absolute Gasteiger partial charge is 0.480 e. The summed E-state index contributed by atoms with van der Waals surface area (Å²) in [5, 5.41) is 14.1. The van der Waals surface area contributed by atoms with E-state index >= 15 is 0 Å². The normalized spacial score (nSPS) is 11.8. The van der Waals surface area contributed by atoms with Crippen molar-refractivity contribution >= 4 is 52.1 Å². The molecular formula is C18H15Cl2N5O5. The van der Waals surface area contributed by atoms with Crippen molar-refractivity contribution < 1.29 is 19.5 Å². The van der Waals surface area contributed by atoms with Crippen LogP contribution in [-0.4, -0.2) is 50.0 Å². The second kappa shape index (κ2) is 8.97. The van der Waals surface area contributed by atoms with Crippen LogP contribution in [0.4, 0.5) is 0 Å². The number of hydrogen-bond donors (Lipinski definition) is 4. The van der Waals surface area contributed by atoms with Gasteiger partial charge in [0.25, 0.3) is 5.91 Å². The van der Waals surface area contributed by atoms with Gasteiger partial charge < -0.3 is 15.7 Å². The highest BCUT2D eigenvalue weighted by atomic mass is 35.5. The first-order chi connectivity index (χ1) is 14.3. The fourth-order valence-corrected chi connectivity index (χ4v) is 3.28. The third-order valence-electron chi connectivity index (χ3n) is 4.15. The maximum absolute atomic E-state index is 12.4. The molecule has 30 heavy (non-hydrogen) atoms. The number of fused-ring (bicyclic) bond motifs is 1. The van der Waals surface area contributed by atoms with Crippen molar-refractivity contribution in [2.24, 2.45) is 0 Å². The molecule has 0 aliphatic rings. The van der Waals surface area contributed by atoms with Crippen molar-refractivity contribution in [2.75, 3.05) is 6.54 Å². The monoisotopic (exact) mass is 451 g/mol. The van der Waals surface area contributed by atoms with E-state index in [1.807, 2.05) is 0 Å². The molecular weight excluding hydrogens is 437 g/mol. The number of aromatic amines is 1. The Labute approximate surface area is 178 Å². The van der Waals surface area contributed by atoms with E-state index in [1.165, 1.54) is 18.3 Å². The number of nitrogens with zero attached hydrogens (tertiary/aromatic N) is 2. The number of halogens is 2. The van der Waals surface area contributed by atoms with Gasteiger partial charge in [0, 0.05) is 12.7 Å². The molecule has 2 heterocycles. The summed E-state index contributed by atoms with van der Waals surface area (Å²) in [4.78, 5) is 54.6. The second-order valence-electron chi connectivity index (χ2n) is 6.15. The topological polar surface area (TPSA) is 146 Å². The molecule has 3 rings (SSSR count). The molecule has 0 bridgehead atoms. The van der Waals surface area contributed by atoms with Crippen LogP contribution in [0.2, 0.25) is 10.0 Å². The molecule has 0 saturated carbocycles. The number of carboxylic acids is 1. The number of aromatic nitrogens is 3. The van der Waals surface area contributed by atoms with Crippen LogP contribution in [0.15, 0.2) is 41.3 Å². The molecule has 0 unspecified atom stereocenters. The smallest absolute Gasteiger partial charge is 0.328 e. The number of aliphatic carboxylic acids is 1. The van der Waals surface area contributed by atoms with Gasteiger partial charge in [0.15, 0.2) is 5.65 Å². The molecule has 0 saturated heterocycles. The zero-order chi connectivity index (χ0) is 21.8. The molecule has 0 aliphatic heterocycles. The molecule has 10 nitrogen and oxygen atoms in total. The Morgan fingerprint density at radius 1 is 1.17 bits per heavy atom. The molecule has 0 fully saturated rings. The molecule has 1 aromatic carbocycles. The van der Waals surface area contributed by atoms with Crippen LogP contribution >= 0.6 is 23.2 Å². The Morgan fingerprint density at radius 2 is 1.87 bits per heavy atom. The van der Waals surface area contributed by atoms with Crippen molar-refractivity contribution in [3.8, 4) is 0 Å². The summed E-state index contributed by atoms with van der Waals surface area (Å²) in [6.07, 6.45) is 1.49. The van der Waals surface area contributed by atoms with Crippen molar-refractivity contribution in [1.82, 2.24) is 25.2 Å². The van der Waals surface area contributed by atoms with Crippen LogP contribution in [0.1, 0.15) is 10.4 Å². The first-order valence-corrected chi connectivity index (χ1v) is 9.31. The minimum atomic E-state index is -1.45. The Kier molecular flexibility index (Phi) is 6.38. The Bertz CT molecular complexity index is 1170. The minimum absolute atomic E-state index is 0.0560. The second-order valence-corrected chi connectivity index (χ2v) is 6.97. The molecule has 12 heteroatoms. The van der Waals surface area contributed by atoms with Crippen LogP contribution in [0.3, 0.4) is 0 Å². The number of H-pyrrole nitrogens is 1. The number of rotatable bonds is 7. The number of amides is 2. The highest BCUT2D eigenvalue weighted by Gasteiger charge is 2.24. The van der Waals surface area contributed by atoms with E-state index in [1.54, 1.807) is 18.2 Å². The van der Waals surface area contributed by atoms with Crippen LogP contribution in [0, 0.1) is 0 Å². The van der Waals surface area contributed by atoms with Gasteiger partial charge in [-0.2, -0.15) is 0 Å². The molecule has 3 aromatic rings. The van der Waals surface area contributed by atoms with Gasteiger partial charge in [-0.05, 0) is 24.3 Å². The molecule has 0 spiro atoms. The Hall–Kier alpha value is -3.37. The van der Waals surface area contributed by atoms with Gasteiger partial charge in [-0.1, -0.05) is 29.3 Å². The Morgan fingerprint density at radius 3 is 2.53 bits per heavy atom. The number of carboxylic acid groups (broad SMARTS) is 1. The first kappa shape index (κ1) is 21.3. The number of imidazole rings is 1. The highest BCUT2D eigenvalue weighted by Crippen LogP contribution is 2.24. The predicted octanol–water partition coefficient (Wildman–Crippen LogP) is 1.03. The van der Waals surface area contributed by atoms with Crippen LogP contribution in [0.25, 0.3) is 11.2 Å². The molecule has 1 atom stereocenters. The summed E-state index contributed by atoms with van der Waals surface area (Å²) < 4.78 is 1.16.